The minimum absolute atomic E-state index is 0.292. The zero-order chi connectivity index (χ0) is 13.0. The van der Waals surface area contributed by atoms with E-state index in [1.807, 2.05) is 0 Å². The van der Waals surface area contributed by atoms with Crippen molar-refractivity contribution in [1.29, 1.82) is 0 Å². The third-order valence-electron chi connectivity index (χ3n) is 2.41. The Morgan fingerprint density at radius 3 is 2.12 bits per heavy atom. The first-order valence-corrected chi connectivity index (χ1v) is 6.10. The Balaban J connectivity index is 3.61. The number of anilines is 3. The summed E-state index contributed by atoms with van der Waals surface area (Å²) in [4.78, 5) is 0.292. The largest absolute Gasteiger partial charge is 0.494 e. The highest BCUT2D eigenvalue weighted by atomic mass is 32.2. The molecule has 0 saturated heterocycles. The standard InChI is InChI=1S/C10H17N3O3S/c1-11-6-5-7(16-4)8(12-2)9(13-3)10(6)17(14)15/h5,11-13H,1-4H3,(H,14,15). The van der Waals surface area contributed by atoms with Crippen LogP contribution in [0.25, 0.3) is 0 Å². The molecule has 0 aliphatic rings. The second-order valence-corrected chi connectivity index (χ2v) is 4.11. The molecule has 0 aliphatic heterocycles. The van der Waals surface area contributed by atoms with Crippen LogP contribution in [0.2, 0.25) is 0 Å². The van der Waals surface area contributed by atoms with Crippen LogP contribution in [-0.4, -0.2) is 37.0 Å². The maximum absolute atomic E-state index is 11.4. The first-order valence-electron chi connectivity index (χ1n) is 4.99. The Labute approximate surface area is 103 Å². The van der Waals surface area contributed by atoms with E-state index < -0.39 is 11.1 Å². The quantitative estimate of drug-likeness (QED) is 0.598. The summed E-state index contributed by atoms with van der Waals surface area (Å²) in [7, 11) is 6.64. The lowest BCUT2D eigenvalue weighted by molar-refractivity contribution is 0.417. The third-order valence-corrected chi connectivity index (χ3v) is 3.18. The fraction of sp³-hybridized carbons (Fsp3) is 0.400. The molecule has 17 heavy (non-hydrogen) atoms. The van der Waals surface area contributed by atoms with Gasteiger partial charge in [0.05, 0.1) is 18.5 Å². The molecule has 0 aliphatic carbocycles. The highest BCUT2D eigenvalue weighted by Gasteiger charge is 2.20. The van der Waals surface area contributed by atoms with Gasteiger partial charge in [-0.3, -0.25) is 0 Å². The minimum atomic E-state index is -2.09. The van der Waals surface area contributed by atoms with Crippen LogP contribution in [0.1, 0.15) is 0 Å². The van der Waals surface area contributed by atoms with Crippen LogP contribution in [-0.2, 0) is 11.1 Å². The molecule has 1 unspecified atom stereocenters. The van der Waals surface area contributed by atoms with Crippen molar-refractivity contribution in [2.24, 2.45) is 0 Å². The molecule has 6 nitrogen and oxygen atoms in total. The molecule has 4 N–H and O–H groups in total. The lowest BCUT2D eigenvalue weighted by Crippen LogP contribution is -2.07. The number of benzene rings is 1. The summed E-state index contributed by atoms with van der Waals surface area (Å²) < 4.78 is 26.0. The van der Waals surface area contributed by atoms with E-state index in [4.69, 9.17) is 4.74 Å². The summed E-state index contributed by atoms with van der Waals surface area (Å²) in [6.45, 7) is 0. The molecule has 0 bridgehead atoms. The molecule has 1 aromatic carbocycles. The lowest BCUT2D eigenvalue weighted by Gasteiger charge is -2.19. The van der Waals surface area contributed by atoms with E-state index in [9.17, 15) is 8.76 Å². The maximum atomic E-state index is 11.4. The van der Waals surface area contributed by atoms with Gasteiger partial charge in [-0.05, 0) is 0 Å². The van der Waals surface area contributed by atoms with Crippen LogP contribution in [0, 0.1) is 0 Å². The molecule has 0 spiro atoms. The van der Waals surface area contributed by atoms with Crippen molar-refractivity contribution in [3.8, 4) is 5.75 Å². The molecule has 0 heterocycles. The van der Waals surface area contributed by atoms with Gasteiger partial charge in [-0.15, -0.1) is 0 Å². The van der Waals surface area contributed by atoms with Crippen LogP contribution in [0.4, 0.5) is 17.1 Å². The molecule has 1 rings (SSSR count). The van der Waals surface area contributed by atoms with E-state index in [1.54, 1.807) is 34.3 Å². The van der Waals surface area contributed by atoms with Crippen molar-refractivity contribution in [3.05, 3.63) is 6.07 Å². The Morgan fingerprint density at radius 1 is 1.18 bits per heavy atom. The number of ether oxygens (including phenoxy) is 1. The second kappa shape index (κ2) is 5.74. The first-order chi connectivity index (χ1) is 8.10. The topological polar surface area (TPSA) is 82.6 Å². The van der Waals surface area contributed by atoms with Crippen LogP contribution < -0.4 is 20.7 Å². The molecule has 1 aromatic rings. The monoisotopic (exact) mass is 259 g/mol. The highest BCUT2D eigenvalue weighted by molar-refractivity contribution is 7.79. The predicted molar refractivity (Wildman–Crippen MR) is 70.7 cm³/mol. The van der Waals surface area contributed by atoms with Crippen molar-refractivity contribution in [2.45, 2.75) is 4.90 Å². The fourth-order valence-corrected chi connectivity index (χ4v) is 2.38. The Hall–Kier alpha value is -1.47. The lowest BCUT2D eigenvalue weighted by atomic mass is 10.2. The molecule has 0 radical (unpaired) electrons. The van der Waals surface area contributed by atoms with Crippen molar-refractivity contribution < 1.29 is 13.5 Å². The molecular weight excluding hydrogens is 242 g/mol. The maximum Gasteiger partial charge on any atom is 0.190 e. The SMILES string of the molecule is CNc1cc(OC)c(NC)c(NC)c1S(=O)O. The molecule has 7 heteroatoms. The van der Waals surface area contributed by atoms with Gasteiger partial charge in [0, 0.05) is 27.2 Å². The van der Waals surface area contributed by atoms with E-state index in [0.29, 0.717) is 27.7 Å². The smallest absolute Gasteiger partial charge is 0.190 e. The van der Waals surface area contributed by atoms with Gasteiger partial charge in [-0.2, -0.15) is 0 Å². The summed E-state index contributed by atoms with van der Waals surface area (Å²) in [6, 6.07) is 1.68. The van der Waals surface area contributed by atoms with Gasteiger partial charge >= 0.3 is 0 Å². The molecule has 0 aromatic heterocycles. The molecular formula is C10H17N3O3S. The summed E-state index contributed by atoms with van der Waals surface area (Å²) >= 11 is -2.09. The van der Waals surface area contributed by atoms with Crippen molar-refractivity contribution >= 4 is 28.1 Å². The second-order valence-electron chi connectivity index (χ2n) is 3.20. The molecule has 0 saturated carbocycles. The van der Waals surface area contributed by atoms with Crippen molar-refractivity contribution in [2.75, 3.05) is 44.2 Å². The number of hydrogen-bond donors (Lipinski definition) is 4. The summed E-state index contributed by atoms with van der Waals surface area (Å²) in [6.07, 6.45) is 0. The van der Waals surface area contributed by atoms with Crippen LogP contribution in [0.3, 0.4) is 0 Å². The van der Waals surface area contributed by atoms with Crippen LogP contribution in [0.15, 0.2) is 11.0 Å². The first kappa shape index (κ1) is 13.6. The summed E-state index contributed by atoms with van der Waals surface area (Å²) in [5, 5.41) is 8.74. The summed E-state index contributed by atoms with van der Waals surface area (Å²) in [5.74, 6) is 0.593. The highest BCUT2D eigenvalue weighted by Crippen LogP contribution is 2.41. The normalized spacial score (nSPS) is 11.8. The number of rotatable bonds is 5. The molecule has 0 amide bonds. The molecule has 1 atom stereocenters. The van der Waals surface area contributed by atoms with E-state index in [2.05, 4.69) is 16.0 Å². The number of nitrogens with one attached hydrogen (secondary N) is 3. The van der Waals surface area contributed by atoms with E-state index >= 15 is 0 Å². The van der Waals surface area contributed by atoms with Gasteiger partial charge in [0.15, 0.2) is 11.1 Å². The number of methoxy groups -OCH3 is 1. The van der Waals surface area contributed by atoms with Crippen LogP contribution >= 0.6 is 0 Å². The Bertz CT molecular complexity index is 437. The Kier molecular flexibility index (Phi) is 4.59. The average Bonchev–Trinajstić information content (AvgIpc) is 2.35. The fourth-order valence-electron chi connectivity index (χ4n) is 1.66. The number of hydrogen-bond acceptors (Lipinski definition) is 5. The summed E-state index contributed by atoms with van der Waals surface area (Å²) in [5.41, 5.74) is 1.73. The van der Waals surface area contributed by atoms with E-state index in [0.717, 1.165) is 0 Å². The molecule has 96 valence electrons. The van der Waals surface area contributed by atoms with Gasteiger partial charge in [0.2, 0.25) is 0 Å². The van der Waals surface area contributed by atoms with Gasteiger partial charge in [-0.25, -0.2) is 4.21 Å². The molecule has 0 fully saturated rings. The van der Waals surface area contributed by atoms with E-state index in [1.165, 1.54) is 0 Å². The van der Waals surface area contributed by atoms with Crippen molar-refractivity contribution in [3.63, 3.8) is 0 Å². The van der Waals surface area contributed by atoms with Crippen molar-refractivity contribution in [1.82, 2.24) is 0 Å². The van der Waals surface area contributed by atoms with Crippen LogP contribution in [0.5, 0.6) is 5.75 Å². The zero-order valence-corrected chi connectivity index (χ0v) is 11.1. The van der Waals surface area contributed by atoms with Gasteiger partial charge in [0.1, 0.15) is 16.3 Å². The van der Waals surface area contributed by atoms with E-state index in [-0.39, 0.29) is 0 Å². The van der Waals surface area contributed by atoms with Gasteiger partial charge < -0.3 is 25.2 Å². The van der Waals surface area contributed by atoms with Gasteiger partial charge in [-0.1, -0.05) is 0 Å². The Morgan fingerprint density at radius 2 is 1.76 bits per heavy atom. The third kappa shape index (κ3) is 2.45. The zero-order valence-electron chi connectivity index (χ0n) is 10.2. The van der Waals surface area contributed by atoms with Gasteiger partial charge in [0.25, 0.3) is 0 Å². The average molecular weight is 259 g/mol. The predicted octanol–water partition coefficient (Wildman–Crippen LogP) is 1.40. The minimum Gasteiger partial charge on any atom is -0.494 e.